The molecule has 1 heterocycles. The minimum absolute atomic E-state index is 0.218. The van der Waals surface area contributed by atoms with Crippen molar-refractivity contribution in [3.05, 3.63) is 71.3 Å². The van der Waals surface area contributed by atoms with Crippen LogP contribution in [0.15, 0.2) is 54.6 Å². The Kier molecular flexibility index (Phi) is 5.31. The van der Waals surface area contributed by atoms with Gasteiger partial charge in [-0.15, -0.1) is 0 Å². The molecular formula is C24H30N2O. The molecule has 4 rings (SSSR count). The Hall–Kier alpha value is -2.13. The largest absolute Gasteiger partial charge is 0.354 e. The summed E-state index contributed by atoms with van der Waals surface area (Å²) in [5, 5.41) is 3.32. The van der Waals surface area contributed by atoms with Gasteiger partial charge in [-0.3, -0.25) is 9.69 Å². The average molecular weight is 363 g/mol. The highest BCUT2D eigenvalue weighted by Gasteiger charge is 2.45. The lowest BCUT2D eigenvalue weighted by molar-refractivity contribution is -0.130. The minimum atomic E-state index is -0.298. The van der Waals surface area contributed by atoms with Crippen LogP contribution in [-0.4, -0.2) is 29.9 Å². The highest BCUT2D eigenvalue weighted by Crippen LogP contribution is 2.43. The van der Waals surface area contributed by atoms with E-state index >= 15 is 0 Å². The fourth-order valence-electron chi connectivity index (χ4n) is 4.67. The first-order valence-corrected chi connectivity index (χ1v) is 10.4. The van der Waals surface area contributed by atoms with E-state index in [1.165, 1.54) is 16.7 Å². The first-order valence-electron chi connectivity index (χ1n) is 10.4. The third-order valence-corrected chi connectivity index (χ3v) is 6.61. The van der Waals surface area contributed by atoms with Gasteiger partial charge in [0.05, 0.1) is 5.41 Å². The zero-order chi connectivity index (χ0) is 18.7. The van der Waals surface area contributed by atoms with Gasteiger partial charge < -0.3 is 5.32 Å². The molecule has 1 unspecified atom stereocenters. The van der Waals surface area contributed by atoms with Gasteiger partial charge in [-0.05, 0) is 42.4 Å². The molecule has 0 saturated heterocycles. The maximum atomic E-state index is 13.1. The molecule has 2 aliphatic rings. The van der Waals surface area contributed by atoms with E-state index in [4.69, 9.17) is 0 Å². The van der Waals surface area contributed by atoms with E-state index in [0.717, 1.165) is 51.7 Å². The number of rotatable bonds is 6. The topological polar surface area (TPSA) is 32.3 Å². The molecule has 0 radical (unpaired) electrons. The monoisotopic (exact) mass is 362 g/mol. The van der Waals surface area contributed by atoms with Gasteiger partial charge in [0.1, 0.15) is 0 Å². The average Bonchev–Trinajstić information content (AvgIpc) is 2.68. The van der Waals surface area contributed by atoms with Crippen molar-refractivity contribution in [1.82, 2.24) is 10.2 Å². The Bertz CT molecular complexity index is 782. The van der Waals surface area contributed by atoms with E-state index in [9.17, 15) is 4.79 Å². The zero-order valence-corrected chi connectivity index (χ0v) is 16.3. The molecule has 1 aliphatic heterocycles. The van der Waals surface area contributed by atoms with Gasteiger partial charge in [0.25, 0.3) is 0 Å². The van der Waals surface area contributed by atoms with Gasteiger partial charge in [0.2, 0.25) is 5.91 Å². The summed E-state index contributed by atoms with van der Waals surface area (Å²) < 4.78 is 0. The number of carbonyl (C=O) groups is 1. The van der Waals surface area contributed by atoms with Crippen LogP contribution in [0.4, 0.5) is 0 Å². The second-order valence-electron chi connectivity index (χ2n) is 8.06. The van der Waals surface area contributed by atoms with E-state index in [0.29, 0.717) is 6.04 Å². The summed E-state index contributed by atoms with van der Waals surface area (Å²) in [6.07, 6.45) is 5.24. The van der Waals surface area contributed by atoms with Crippen LogP contribution in [0.5, 0.6) is 0 Å². The molecule has 3 heteroatoms. The molecule has 2 aromatic rings. The number of amides is 1. The van der Waals surface area contributed by atoms with Gasteiger partial charge in [-0.25, -0.2) is 0 Å². The number of nitrogens with zero attached hydrogens (tertiary/aromatic N) is 1. The predicted molar refractivity (Wildman–Crippen MR) is 110 cm³/mol. The van der Waals surface area contributed by atoms with Crippen LogP contribution >= 0.6 is 0 Å². The lowest BCUT2D eigenvalue weighted by Crippen LogP contribution is -2.53. The molecule has 3 nitrogen and oxygen atoms in total. The van der Waals surface area contributed by atoms with Crippen molar-refractivity contribution in [2.45, 2.75) is 57.0 Å². The summed E-state index contributed by atoms with van der Waals surface area (Å²) in [4.78, 5) is 15.7. The SMILES string of the molecule is CCC(CNC(=O)C1(c2ccccc2)CCC1)N1CCc2ccccc2C1. The fourth-order valence-corrected chi connectivity index (χ4v) is 4.67. The second kappa shape index (κ2) is 7.85. The highest BCUT2D eigenvalue weighted by atomic mass is 16.2. The summed E-state index contributed by atoms with van der Waals surface area (Å²) in [6, 6.07) is 19.5. The number of benzene rings is 2. The van der Waals surface area contributed by atoms with Crippen LogP contribution < -0.4 is 5.32 Å². The van der Waals surface area contributed by atoms with Crippen LogP contribution in [0.3, 0.4) is 0 Å². The van der Waals surface area contributed by atoms with Crippen molar-refractivity contribution in [3.63, 3.8) is 0 Å². The molecule has 1 aliphatic carbocycles. The summed E-state index contributed by atoms with van der Waals surface area (Å²) in [5.41, 5.74) is 3.79. The van der Waals surface area contributed by atoms with E-state index in [-0.39, 0.29) is 11.3 Å². The molecule has 27 heavy (non-hydrogen) atoms. The maximum absolute atomic E-state index is 13.1. The molecule has 0 bridgehead atoms. The van der Waals surface area contributed by atoms with Crippen molar-refractivity contribution in [2.75, 3.05) is 13.1 Å². The van der Waals surface area contributed by atoms with Crippen molar-refractivity contribution in [2.24, 2.45) is 0 Å². The standard InChI is InChI=1S/C24H30N2O/c1-2-22(26-16-13-19-9-6-7-10-20(19)18-26)17-25-23(27)24(14-8-15-24)21-11-4-3-5-12-21/h3-7,9-12,22H,2,8,13-18H2,1H3,(H,25,27). The summed E-state index contributed by atoms with van der Waals surface area (Å²) in [7, 11) is 0. The van der Waals surface area contributed by atoms with Crippen LogP contribution in [0.2, 0.25) is 0 Å². The van der Waals surface area contributed by atoms with Crippen LogP contribution in [-0.2, 0) is 23.2 Å². The van der Waals surface area contributed by atoms with Crippen molar-refractivity contribution in [1.29, 1.82) is 0 Å². The molecule has 1 fully saturated rings. The third kappa shape index (κ3) is 3.53. The quantitative estimate of drug-likeness (QED) is 0.840. The van der Waals surface area contributed by atoms with Gasteiger partial charge >= 0.3 is 0 Å². The molecule has 1 saturated carbocycles. The van der Waals surface area contributed by atoms with Crippen LogP contribution in [0.1, 0.15) is 49.3 Å². The lowest BCUT2D eigenvalue weighted by atomic mass is 9.64. The summed E-state index contributed by atoms with van der Waals surface area (Å²) in [6.45, 7) is 5.04. The molecule has 1 atom stereocenters. The van der Waals surface area contributed by atoms with Crippen molar-refractivity contribution >= 4 is 5.91 Å². The second-order valence-corrected chi connectivity index (χ2v) is 8.06. The third-order valence-electron chi connectivity index (χ3n) is 6.61. The van der Waals surface area contributed by atoms with Crippen molar-refractivity contribution in [3.8, 4) is 0 Å². The summed E-state index contributed by atoms with van der Waals surface area (Å²) >= 11 is 0. The minimum Gasteiger partial charge on any atom is -0.354 e. The number of hydrogen-bond donors (Lipinski definition) is 1. The number of hydrogen-bond acceptors (Lipinski definition) is 2. The number of nitrogens with one attached hydrogen (secondary N) is 1. The molecule has 1 N–H and O–H groups in total. The Morgan fingerprint density at radius 3 is 2.44 bits per heavy atom. The zero-order valence-electron chi connectivity index (χ0n) is 16.3. The molecule has 1 amide bonds. The highest BCUT2D eigenvalue weighted by molar-refractivity contribution is 5.89. The molecular weight excluding hydrogens is 332 g/mol. The van der Waals surface area contributed by atoms with Gasteiger partial charge in [0, 0.05) is 25.7 Å². The Balaban J connectivity index is 1.40. The van der Waals surface area contributed by atoms with E-state index < -0.39 is 0 Å². The molecule has 142 valence electrons. The van der Waals surface area contributed by atoms with E-state index in [2.05, 4.69) is 53.5 Å². The first-order chi connectivity index (χ1) is 13.2. The Morgan fingerprint density at radius 2 is 1.78 bits per heavy atom. The maximum Gasteiger partial charge on any atom is 0.230 e. The normalized spacial score (nSPS) is 19.6. The van der Waals surface area contributed by atoms with Gasteiger partial charge in [0.15, 0.2) is 0 Å². The predicted octanol–water partition coefficient (Wildman–Crippen LogP) is 4.06. The van der Waals surface area contributed by atoms with E-state index in [1.54, 1.807) is 0 Å². The van der Waals surface area contributed by atoms with Crippen LogP contribution in [0.25, 0.3) is 0 Å². The van der Waals surface area contributed by atoms with Gasteiger partial charge in [-0.2, -0.15) is 0 Å². The Labute approximate surface area is 162 Å². The van der Waals surface area contributed by atoms with Crippen molar-refractivity contribution < 1.29 is 4.79 Å². The molecule has 0 spiro atoms. The van der Waals surface area contributed by atoms with Crippen LogP contribution in [0, 0.1) is 0 Å². The van der Waals surface area contributed by atoms with Gasteiger partial charge in [-0.1, -0.05) is 67.9 Å². The van der Waals surface area contributed by atoms with E-state index in [1.807, 2.05) is 18.2 Å². The number of fused-ring (bicyclic) bond motifs is 1. The lowest BCUT2D eigenvalue weighted by Gasteiger charge is -2.42. The molecule has 0 aromatic heterocycles. The number of carbonyl (C=O) groups excluding carboxylic acids is 1. The Morgan fingerprint density at radius 1 is 1.07 bits per heavy atom. The first kappa shape index (κ1) is 18.2. The fraction of sp³-hybridized carbons (Fsp3) is 0.458. The summed E-state index contributed by atoms with van der Waals surface area (Å²) in [5.74, 6) is 0.218. The molecule has 2 aromatic carbocycles. The smallest absolute Gasteiger partial charge is 0.230 e.